The number of carboxylic acid groups (broad SMARTS) is 3. The Kier molecular flexibility index (Phi) is 50.1. The first-order chi connectivity index (χ1) is 56.4. The van der Waals surface area contributed by atoms with Crippen LogP contribution in [0.5, 0.6) is 0 Å². The van der Waals surface area contributed by atoms with Gasteiger partial charge in [-0.2, -0.15) is 0 Å². The summed E-state index contributed by atoms with van der Waals surface area (Å²) in [6, 6.07) is -21.1. The fourth-order valence-electron chi connectivity index (χ4n) is 11.3. The van der Waals surface area contributed by atoms with Gasteiger partial charge in [0.1, 0.15) is 78.5 Å². The van der Waals surface area contributed by atoms with E-state index in [2.05, 4.69) is 85.1 Å². The van der Waals surface area contributed by atoms with Crippen LogP contribution in [0.25, 0.3) is 0 Å². The van der Waals surface area contributed by atoms with Gasteiger partial charge in [-0.1, -0.05) is 88.5 Å². The van der Waals surface area contributed by atoms with E-state index in [0.29, 0.717) is 0 Å². The van der Waals surface area contributed by atoms with E-state index < -0.39 is 290 Å². The SMILES string of the molecule is CCC(C)C(NC(=O)C(C)NC(=O)C(CC(C)C)NC(=O)C(CCC(N)=O)NC(=O)C(CCCNC(=N)N)NC(=O)CNC(=O)C(NC(=O)C(CCC(N)=O)NC(=O)CN)C(C)C)C(=O)NC(C(=O)NCC(=O)NC(CC(=O)O)C(=O)NC(CC(=O)O)C(=O)NC(C(=O)NC(CC(N)=O)C(=O)NC(CCCNC(=N)N)C(=O)O)C(C)CC)C(C)CC. The Balaban J connectivity index is 6.75. The van der Waals surface area contributed by atoms with Crippen molar-refractivity contribution >= 4 is 136 Å². The quantitative estimate of drug-likeness (QED) is 0.0153. The summed E-state index contributed by atoms with van der Waals surface area (Å²) in [5.41, 5.74) is 32.1. The van der Waals surface area contributed by atoms with Gasteiger partial charge in [-0.25, -0.2) is 4.79 Å². The first-order valence-electron chi connectivity index (χ1n) is 39.3. The Morgan fingerprint density at radius 3 is 1.05 bits per heavy atom. The third-order valence-corrected chi connectivity index (χ3v) is 18.7. The molecule has 0 bridgehead atoms. The van der Waals surface area contributed by atoms with Crippen LogP contribution in [0, 0.1) is 40.4 Å². The van der Waals surface area contributed by atoms with Crippen molar-refractivity contribution in [3.05, 3.63) is 0 Å². The third-order valence-electron chi connectivity index (χ3n) is 18.7. The topological polar surface area (TPSA) is 827 Å². The lowest BCUT2D eigenvalue weighted by Crippen LogP contribution is -2.61. The van der Waals surface area contributed by atoms with E-state index in [1.165, 1.54) is 20.8 Å². The molecule has 16 atom stereocenters. The molecule has 49 heteroatoms. The van der Waals surface area contributed by atoms with E-state index in [0.717, 1.165) is 0 Å². The van der Waals surface area contributed by atoms with Gasteiger partial charge < -0.3 is 140 Å². The molecule has 0 aliphatic rings. The summed E-state index contributed by atoms with van der Waals surface area (Å²) in [6.07, 6.45) is -4.81. The van der Waals surface area contributed by atoms with Gasteiger partial charge >= 0.3 is 17.9 Å². The minimum Gasteiger partial charge on any atom is -0.481 e. The average Bonchev–Trinajstić information content (AvgIpc) is 0.847. The number of amides is 18. The Hall–Kier alpha value is -12.6. The van der Waals surface area contributed by atoms with E-state index in [1.807, 2.05) is 5.32 Å². The lowest BCUT2D eigenvalue weighted by molar-refractivity contribution is -0.143. The zero-order valence-corrected chi connectivity index (χ0v) is 69.9. The molecular weight excluding hydrogens is 1600 g/mol. The van der Waals surface area contributed by atoms with Crippen molar-refractivity contribution in [1.82, 2.24) is 90.4 Å². The van der Waals surface area contributed by atoms with Crippen molar-refractivity contribution in [2.24, 2.45) is 64.0 Å². The second-order valence-electron chi connectivity index (χ2n) is 29.7. The number of nitrogens with two attached hydrogens (primary N) is 6. The zero-order chi connectivity index (χ0) is 92.8. The van der Waals surface area contributed by atoms with Gasteiger partial charge in [-0.3, -0.25) is 107 Å². The standard InChI is InChI=1S/C72H125N25O24/c1-12-34(8)55(67(117)84-31-51(103)88-44(27-52(104)105)64(114)92-45(28-53(106)107)65(115)96-56(35(9)13-2)68(118)93-43(26-48(76)100)63(113)90-41(70(120)121)18-16-24-82-72(79)80)97-69(119)57(36(10)14-3)95-58(108)37(11)85-62(112)42(25-32(4)5)91-60(110)40(20-22-47(75)99)89-59(109)38(17-15-23-81-71(77)78)87-50(102)30-83-66(116)54(33(6)7)94-61(111)39(19-21-46(74)98)86-49(101)29-73/h32-45,54-57H,12-31,73H2,1-11H3,(H2,74,98)(H2,75,99)(H2,76,100)(H,83,116)(H,84,117)(H,85,112)(H,86,101)(H,87,102)(H,88,103)(H,89,109)(H,90,113)(H,91,110)(H,92,114)(H,93,118)(H,94,111)(H,95,108)(H,96,115)(H,97,119)(H,104,105)(H,106,107)(H,120,121)(H4,77,78,81)(H4,79,80,82). The second kappa shape index (κ2) is 55.9. The summed E-state index contributed by atoms with van der Waals surface area (Å²) in [5.74, 6) is -27.9. The fourth-order valence-corrected chi connectivity index (χ4v) is 11.3. The molecule has 0 heterocycles. The lowest BCUT2D eigenvalue weighted by atomic mass is 9.94. The molecule has 0 saturated heterocycles. The van der Waals surface area contributed by atoms with Crippen LogP contribution in [0.15, 0.2) is 0 Å². The predicted octanol–water partition coefficient (Wildman–Crippen LogP) is -9.69. The monoisotopic (exact) mass is 1720 g/mol. The molecule has 682 valence electrons. The molecule has 0 radical (unpaired) electrons. The number of hydrogen-bond donors (Lipinski definition) is 28. The van der Waals surface area contributed by atoms with E-state index in [-0.39, 0.29) is 83.2 Å². The molecule has 49 nitrogen and oxygen atoms in total. The van der Waals surface area contributed by atoms with Gasteiger partial charge in [0, 0.05) is 25.9 Å². The molecule has 0 rings (SSSR count). The highest BCUT2D eigenvalue weighted by Crippen LogP contribution is 2.16. The summed E-state index contributed by atoms with van der Waals surface area (Å²) in [5, 5.41) is 84.5. The smallest absolute Gasteiger partial charge is 0.326 e. The first-order valence-corrected chi connectivity index (χ1v) is 39.3. The van der Waals surface area contributed by atoms with Crippen LogP contribution in [0.4, 0.5) is 0 Å². The Bertz CT molecular complexity index is 3660. The van der Waals surface area contributed by atoms with Crippen LogP contribution in [0.3, 0.4) is 0 Å². The number of primary amides is 3. The number of rotatable bonds is 60. The molecule has 0 aliphatic heterocycles. The lowest BCUT2D eigenvalue weighted by Gasteiger charge is -2.30. The van der Waals surface area contributed by atoms with E-state index >= 15 is 0 Å². The van der Waals surface area contributed by atoms with Gasteiger partial charge in [-0.05, 0) is 81.5 Å². The zero-order valence-electron chi connectivity index (χ0n) is 69.9. The molecule has 34 N–H and O–H groups in total. The minimum absolute atomic E-state index is 0.00545. The summed E-state index contributed by atoms with van der Waals surface area (Å²) >= 11 is 0. The maximum Gasteiger partial charge on any atom is 0.326 e. The highest BCUT2D eigenvalue weighted by Gasteiger charge is 2.40. The van der Waals surface area contributed by atoms with Crippen LogP contribution in [-0.4, -0.2) is 263 Å². The van der Waals surface area contributed by atoms with Crippen molar-refractivity contribution in [3.63, 3.8) is 0 Å². The van der Waals surface area contributed by atoms with Crippen molar-refractivity contribution in [2.45, 2.75) is 251 Å². The molecule has 0 fully saturated rings. The molecule has 0 aromatic heterocycles. The molecule has 0 saturated carbocycles. The molecule has 0 spiro atoms. The fraction of sp³-hybridized carbons (Fsp3) is 0.681. The number of carboxylic acids is 3. The number of carbonyl (C=O) groups is 21. The highest BCUT2D eigenvalue weighted by atomic mass is 16.4. The average molecular weight is 1720 g/mol. The summed E-state index contributed by atoms with van der Waals surface area (Å²) in [6.45, 7) is 14.8. The van der Waals surface area contributed by atoms with E-state index in [9.17, 15) is 116 Å². The van der Waals surface area contributed by atoms with Crippen LogP contribution in [0.2, 0.25) is 0 Å². The third kappa shape index (κ3) is 43.6. The van der Waals surface area contributed by atoms with Crippen molar-refractivity contribution in [2.75, 3.05) is 32.7 Å². The highest BCUT2D eigenvalue weighted by molar-refractivity contribution is 6.02. The number of nitrogens with one attached hydrogen (secondary N) is 19. The molecular formula is C72H125N25O24. The number of guanidine groups is 2. The number of hydrogen-bond acceptors (Lipinski definition) is 24. The molecule has 0 aromatic carbocycles. The van der Waals surface area contributed by atoms with Gasteiger partial charge in [0.05, 0.1) is 38.9 Å². The van der Waals surface area contributed by atoms with Crippen LogP contribution in [-0.2, 0) is 101 Å². The second-order valence-corrected chi connectivity index (χ2v) is 29.7. The predicted molar refractivity (Wildman–Crippen MR) is 430 cm³/mol. The Labute approximate surface area is 698 Å². The van der Waals surface area contributed by atoms with Gasteiger partial charge in [-0.15, -0.1) is 0 Å². The van der Waals surface area contributed by atoms with Crippen LogP contribution < -0.4 is 125 Å². The Morgan fingerprint density at radius 2 is 0.636 bits per heavy atom. The van der Waals surface area contributed by atoms with Crippen LogP contribution >= 0.6 is 0 Å². The van der Waals surface area contributed by atoms with E-state index in [1.54, 1.807) is 55.4 Å². The maximum atomic E-state index is 14.3. The van der Waals surface area contributed by atoms with Crippen molar-refractivity contribution < 1.29 is 116 Å². The number of carbonyl (C=O) groups excluding carboxylic acids is 18. The molecule has 121 heavy (non-hydrogen) atoms. The number of aliphatic carboxylic acids is 3. The van der Waals surface area contributed by atoms with Crippen molar-refractivity contribution in [3.8, 4) is 0 Å². The van der Waals surface area contributed by atoms with E-state index in [4.69, 9.17) is 45.2 Å². The normalized spacial score (nSPS) is 14.9. The molecule has 16 unspecified atom stereocenters. The summed E-state index contributed by atoms with van der Waals surface area (Å²) in [7, 11) is 0. The first kappa shape index (κ1) is 108. The summed E-state index contributed by atoms with van der Waals surface area (Å²) in [4.78, 5) is 278. The summed E-state index contributed by atoms with van der Waals surface area (Å²) < 4.78 is 0. The largest absolute Gasteiger partial charge is 0.481 e. The molecule has 0 aliphatic carbocycles. The van der Waals surface area contributed by atoms with Crippen molar-refractivity contribution in [1.29, 1.82) is 10.8 Å². The van der Waals surface area contributed by atoms with Gasteiger partial charge in [0.15, 0.2) is 11.9 Å². The molecule has 0 aromatic rings. The Morgan fingerprint density at radius 1 is 0.322 bits per heavy atom. The van der Waals surface area contributed by atoms with Gasteiger partial charge in [0.2, 0.25) is 106 Å². The van der Waals surface area contributed by atoms with Crippen LogP contribution in [0.1, 0.15) is 172 Å². The minimum atomic E-state index is -2.13. The van der Waals surface area contributed by atoms with Gasteiger partial charge in [0.25, 0.3) is 0 Å². The maximum absolute atomic E-state index is 14.3. The molecule has 18 amide bonds.